The van der Waals surface area contributed by atoms with Gasteiger partial charge in [-0.3, -0.25) is 0 Å². The van der Waals surface area contributed by atoms with E-state index in [0.717, 1.165) is 57.6 Å². The third-order valence-corrected chi connectivity index (χ3v) is 5.50. The molecule has 27 heavy (non-hydrogen) atoms. The molecule has 4 heterocycles. The van der Waals surface area contributed by atoms with Gasteiger partial charge in [-0.05, 0) is 63.1 Å². The monoisotopic (exact) mass is 371 g/mol. The van der Waals surface area contributed by atoms with E-state index < -0.39 is 5.60 Å². The van der Waals surface area contributed by atoms with E-state index >= 15 is 0 Å². The molecule has 0 aliphatic carbocycles. The van der Waals surface area contributed by atoms with Gasteiger partial charge in [0.1, 0.15) is 11.2 Å². The minimum atomic E-state index is -0.448. The Kier molecular flexibility index (Phi) is 4.84. The first-order valence-corrected chi connectivity index (χ1v) is 9.96. The molecule has 0 atom stereocenters. The molecule has 1 fully saturated rings. The van der Waals surface area contributed by atoms with Crippen LogP contribution in [-0.4, -0.2) is 52.9 Å². The number of carbonyl (C=O) groups excluding carboxylic acids is 1. The summed E-state index contributed by atoms with van der Waals surface area (Å²) in [5, 5.41) is 1.29. The Morgan fingerprint density at radius 1 is 1.26 bits per heavy atom. The van der Waals surface area contributed by atoms with Crippen LogP contribution in [0.5, 0.6) is 0 Å². The molecule has 0 radical (unpaired) electrons. The van der Waals surface area contributed by atoms with Crippen molar-refractivity contribution in [2.45, 2.75) is 58.0 Å². The third kappa shape index (κ3) is 3.81. The lowest BCUT2D eigenvalue weighted by atomic mass is 9.87. The Morgan fingerprint density at radius 2 is 2.00 bits per heavy atom. The lowest BCUT2D eigenvalue weighted by Crippen LogP contribution is -2.41. The Balaban J connectivity index is 1.54. The molecule has 0 aromatic carbocycles. The van der Waals surface area contributed by atoms with Gasteiger partial charge >= 0.3 is 6.09 Å². The summed E-state index contributed by atoms with van der Waals surface area (Å²) in [6.07, 6.45) is 5.47. The molecule has 2 aliphatic rings. The van der Waals surface area contributed by atoms with Gasteiger partial charge in [-0.1, -0.05) is 0 Å². The molecule has 2 aromatic heterocycles. The predicted octanol–water partition coefficient (Wildman–Crippen LogP) is 3.79. The summed E-state index contributed by atoms with van der Waals surface area (Å²) in [6.45, 7) is 8.74. The third-order valence-electron chi connectivity index (χ3n) is 5.50. The molecule has 0 saturated carbocycles. The Morgan fingerprint density at radius 3 is 2.74 bits per heavy atom. The Bertz CT molecular complexity index is 829. The van der Waals surface area contributed by atoms with Crippen LogP contribution in [-0.2, 0) is 22.3 Å². The number of amides is 1. The van der Waals surface area contributed by atoms with Gasteiger partial charge in [-0.25, -0.2) is 9.78 Å². The number of nitrogens with one attached hydrogen (secondary N) is 1. The van der Waals surface area contributed by atoms with Crippen molar-refractivity contribution >= 4 is 17.1 Å². The van der Waals surface area contributed by atoms with E-state index in [1.54, 1.807) is 0 Å². The summed E-state index contributed by atoms with van der Waals surface area (Å²) in [5.74, 6) is 0.443. The number of pyridine rings is 1. The summed E-state index contributed by atoms with van der Waals surface area (Å²) in [5.41, 5.74) is 4.56. The van der Waals surface area contributed by atoms with Crippen LogP contribution in [0.1, 0.15) is 56.4 Å². The smallest absolute Gasteiger partial charge is 0.410 e. The van der Waals surface area contributed by atoms with Gasteiger partial charge in [0.2, 0.25) is 0 Å². The summed E-state index contributed by atoms with van der Waals surface area (Å²) in [6, 6.07) is 2.16. The largest absolute Gasteiger partial charge is 0.444 e. The second kappa shape index (κ2) is 7.15. The highest BCUT2D eigenvalue weighted by Gasteiger charge is 2.29. The SMILES string of the molecule is CC(C)(C)OC(=O)N1CCC(c2ccnc3[nH]c4c(c23)CCOCC4)CC1. The van der Waals surface area contributed by atoms with Crippen LogP contribution in [0.15, 0.2) is 12.3 Å². The van der Waals surface area contributed by atoms with Crippen molar-refractivity contribution in [2.75, 3.05) is 26.3 Å². The van der Waals surface area contributed by atoms with Gasteiger partial charge in [0.25, 0.3) is 0 Å². The lowest BCUT2D eigenvalue weighted by molar-refractivity contribution is 0.0205. The molecule has 0 unspecified atom stereocenters. The molecule has 146 valence electrons. The molecular formula is C21H29N3O3. The average molecular weight is 371 g/mol. The Hall–Kier alpha value is -2.08. The number of rotatable bonds is 1. The molecule has 1 saturated heterocycles. The van der Waals surface area contributed by atoms with Gasteiger partial charge < -0.3 is 19.4 Å². The summed E-state index contributed by atoms with van der Waals surface area (Å²) in [7, 11) is 0. The molecule has 6 heteroatoms. The van der Waals surface area contributed by atoms with Crippen molar-refractivity contribution in [2.24, 2.45) is 0 Å². The lowest BCUT2D eigenvalue weighted by Gasteiger charge is -2.33. The quantitative estimate of drug-likeness (QED) is 0.828. The van der Waals surface area contributed by atoms with Crippen molar-refractivity contribution < 1.29 is 14.3 Å². The maximum atomic E-state index is 12.3. The van der Waals surface area contributed by atoms with Crippen LogP contribution in [0.4, 0.5) is 4.79 Å². The number of ether oxygens (including phenoxy) is 2. The average Bonchev–Trinajstić information content (AvgIpc) is 2.82. The van der Waals surface area contributed by atoms with Crippen LogP contribution in [0.2, 0.25) is 0 Å². The van der Waals surface area contributed by atoms with Gasteiger partial charge in [-0.15, -0.1) is 0 Å². The summed E-state index contributed by atoms with van der Waals surface area (Å²) >= 11 is 0. The number of hydrogen-bond acceptors (Lipinski definition) is 4. The normalized spacial score (nSPS) is 19.0. The van der Waals surface area contributed by atoms with Crippen molar-refractivity contribution in [3.8, 4) is 0 Å². The van der Waals surface area contributed by atoms with Crippen molar-refractivity contribution in [1.82, 2.24) is 14.9 Å². The molecule has 1 amide bonds. The van der Waals surface area contributed by atoms with Crippen molar-refractivity contribution in [3.05, 3.63) is 29.1 Å². The zero-order valence-corrected chi connectivity index (χ0v) is 16.5. The van der Waals surface area contributed by atoms with Crippen molar-refractivity contribution in [3.63, 3.8) is 0 Å². The number of piperidine rings is 1. The van der Waals surface area contributed by atoms with Crippen LogP contribution in [0.25, 0.3) is 11.0 Å². The standard InChI is InChI=1S/C21H29N3O3/c1-21(2,3)27-20(25)24-10-5-14(6-11-24)15-4-9-22-19-18(15)16-7-12-26-13-8-17(16)23-19/h4,9,14H,5-8,10-13H2,1-3H3,(H,22,23). The number of aromatic amines is 1. The van der Waals surface area contributed by atoms with Gasteiger partial charge in [0, 0.05) is 36.8 Å². The van der Waals surface area contributed by atoms with Gasteiger partial charge in [0.05, 0.1) is 13.2 Å². The fraction of sp³-hybridized carbons (Fsp3) is 0.619. The predicted molar refractivity (Wildman–Crippen MR) is 104 cm³/mol. The van der Waals surface area contributed by atoms with Crippen LogP contribution < -0.4 is 0 Å². The van der Waals surface area contributed by atoms with E-state index in [1.165, 1.54) is 22.2 Å². The number of fused-ring (bicyclic) bond motifs is 3. The van der Waals surface area contributed by atoms with Crippen molar-refractivity contribution in [1.29, 1.82) is 0 Å². The van der Waals surface area contributed by atoms with E-state index in [9.17, 15) is 4.79 Å². The molecule has 6 nitrogen and oxygen atoms in total. The van der Waals surface area contributed by atoms with Crippen LogP contribution in [0, 0.1) is 0 Å². The molecule has 2 aliphatic heterocycles. The topological polar surface area (TPSA) is 67.5 Å². The summed E-state index contributed by atoms with van der Waals surface area (Å²) in [4.78, 5) is 22.3. The molecule has 0 spiro atoms. The van der Waals surface area contributed by atoms with E-state index in [2.05, 4.69) is 16.0 Å². The second-order valence-electron chi connectivity index (χ2n) is 8.56. The fourth-order valence-corrected chi connectivity index (χ4v) is 4.24. The number of likely N-dealkylation sites (tertiary alicyclic amines) is 1. The highest BCUT2D eigenvalue weighted by atomic mass is 16.6. The zero-order chi connectivity index (χ0) is 19.0. The van der Waals surface area contributed by atoms with E-state index in [1.807, 2.05) is 31.9 Å². The number of hydrogen-bond donors (Lipinski definition) is 1. The molecule has 2 aromatic rings. The first kappa shape index (κ1) is 18.3. The highest BCUT2D eigenvalue weighted by molar-refractivity contribution is 5.85. The molecule has 0 bridgehead atoms. The van der Waals surface area contributed by atoms with Crippen LogP contribution >= 0.6 is 0 Å². The maximum absolute atomic E-state index is 12.3. The van der Waals surface area contributed by atoms with Gasteiger partial charge in [-0.2, -0.15) is 0 Å². The number of carbonyl (C=O) groups is 1. The minimum absolute atomic E-state index is 0.200. The molecule has 4 rings (SSSR count). The first-order valence-electron chi connectivity index (χ1n) is 9.96. The first-order chi connectivity index (χ1) is 12.9. The molecular weight excluding hydrogens is 342 g/mol. The highest BCUT2D eigenvalue weighted by Crippen LogP contribution is 2.36. The maximum Gasteiger partial charge on any atom is 0.410 e. The van der Waals surface area contributed by atoms with E-state index in [0.29, 0.717) is 5.92 Å². The number of aromatic nitrogens is 2. The van der Waals surface area contributed by atoms with E-state index in [4.69, 9.17) is 9.47 Å². The zero-order valence-electron chi connectivity index (χ0n) is 16.5. The van der Waals surface area contributed by atoms with E-state index in [-0.39, 0.29) is 6.09 Å². The fourth-order valence-electron chi connectivity index (χ4n) is 4.24. The van der Waals surface area contributed by atoms with Crippen LogP contribution in [0.3, 0.4) is 0 Å². The number of H-pyrrole nitrogens is 1. The minimum Gasteiger partial charge on any atom is -0.444 e. The second-order valence-corrected chi connectivity index (χ2v) is 8.56. The Labute approximate surface area is 160 Å². The number of nitrogens with zero attached hydrogens (tertiary/aromatic N) is 2. The van der Waals surface area contributed by atoms with Gasteiger partial charge in [0.15, 0.2) is 0 Å². The molecule has 1 N–H and O–H groups in total. The summed E-state index contributed by atoms with van der Waals surface area (Å²) < 4.78 is 11.2.